The molecule has 0 radical (unpaired) electrons. The maximum atomic E-state index is 5.78. The molecule has 90 valence electrons. The molecule has 0 aliphatic heterocycles. The summed E-state index contributed by atoms with van der Waals surface area (Å²) in [7, 11) is 3.33. The van der Waals surface area contributed by atoms with E-state index in [1.165, 1.54) is 7.11 Å². The number of anilines is 1. The molecule has 0 unspecified atom stereocenters. The zero-order chi connectivity index (χ0) is 12.4. The summed E-state index contributed by atoms with van der Waals surface area (Å²) in [5, 5.41) is 4.17. The zero-order valence-corrected chi connectivity index (χ0v) is 9.97. The van der Waals surface area contributed by atoms with Gasteiger partial charge in [-0.3, -0.25) is 0 Å². The Balaban J connectivity index is 2.32. The number of ether oxygens (including phenoxy) is 2. The number of pyridine rings is 1. The first-order valence-corrected chi connectivity index (χ1v) is 5.09. The summed E-state index contributed by atoms with van der Waals surface area (Å²) in [5.41, 5.74) is 7.09. The molecule has 2 aromatic rings. The van der Waals surface area contributed by atoms with Crippen LogP contribution in [0.3, 0.4) is 0 Å². The van der Waals surface area contributed by atoms with Crippen molar-refractivity contribution in [2.45, 2.75) is 6.92 Å². The fourth-order valence-electron chi connectivity index (χ4n) is 1.41. The smallest absolute Gasteiger partial charge is 0.247 e. The highest BCUT2D eigenvalue weighted by atomic mass is 16.5. The zero-order valence-electron chi connectivity index (χ0n) is 9.97. The standard InChI is InChI=1S/C11H14N4O2/c1-7-6-10(15(2)14-7)17-11-8(12)4-5-9(13-11)16-3/h4-6H,12H2,1-3H3. The first-order valence-electron chi connectivity index (χ1n) is 5.09. The molecule has 0 atom stereocenters. The summed E-state index contributed by atoms with van der Waals surface area (Å²) in [5.74, 6) is 1.34. The van der Waals surface area contributed by atoms with Gasteiger partial charge in [0.05, 0.1) is 18.5 Å². The number of rotatable bonds is 3. The average molecular weight is 234 g/mol. The van der Waals surface area contributed by atoms with E-state index in [9.17, 15) is 0 Å². The van der Waals surface area contributed by atoms with E-state index in [0.29, 0.717) is 23.3 Å². The van der Waals surface area contributed by atoms with Gasteiger partial charge >= 0.3 is 0 Å². The van der Waals surface area contributed by atoms with Crippen LogP contribution in [0.1, 0.15) is 5.69 Å². The molecule has 6 nitrogen and oxygen atoms in total. The van der Waals surface area contributed by atoms with Gasteiger partial charge in [0.15, 0.2) is 0 Å². The van der Waals surface area contributed by atoms with Crippen molar-refractivity contribution in [2.75, 3.05) is 12.8 Å². The number of nitrogens with two attached hydrogens (primary N) is 1. The average Bonchev–Trinajstić information content (AvgIpc) is 2.60. The highest BCUT2D eigenvalue weighted by Crippen LogP contribution is 2.27. The molecular formula is C11H14N4O2. The Morgan fingerprint density at radius 3 is 2.71 bits per heavy atom. The minimum atomic E-state index is 0.312. The molecule has 0 saturated carbocycles. The lowest BCUT2D eigenvalue weighted by Crippen LogP contribution is -2.00. The van der Waals surface area contributed by atoms with Gasteiger partial charge < -0.3 is 15.2 Å². The normalized spacial score (nSPS) is 10.3. The molecule has 0 aliphatic carbocycles. The molecule has 2 N–H and O–H groups in total. The van der Waals surface area contributed by atoms with E-state index in [2.05, 4.69) is 10.1 Å². The van der Waals surface area contributed by atoms with Crippen LogP contribution in [0.2, 0.25) is 0 Å². The van der Waals surface area contributed by atoms with Gasteiger partial charge in [-0.2, -0.15) is 10.1 Å². The number of methoxy groups -OCH3 is 1. The maximum absolute atomic E-state index is 5.78. The second-order valence-electron chi connectivity index (χ2n) is 3.60. The summed E-state index contributed by atoms with van der Waals surface area (Å²) in [6.07, 6.45) is 0. The van der Waals surface area contributed by atoms with Gasteiger partial charge in [0, 0.05) is 19.2 Å². The van der Waals surface area contributed by atoms with Crippen LogP contribution < -0.4 is 15.2 Å². The van der Waals surface area contributed by atoms with E-state index >= 15 is 0 Å². The molecule has 2 aromatic heterocycles. The van der Waals surface area contributed by atoms with Gasteiger partial charge in [-0.25, -0.2) is 4.68 Å². The largest absolute Gasteiger partial charge is 0.481 e. The number of aromatic nitrogens is 3. The van der Waals surface area contributed by atoms with Crippen molar-refractivity contribution < 1.29 is 9.47 Å². The van der Waals surface area contributed by atoms with Gasteiger partial charge in [-0.15, -0.1) is 0 Å². The molecule has 2 rings (SSSR count). The van der Waals surface area contributed by atoms with E-state index in [1.807, 2.05) is 6.92 Å². The number of nitrogen functional groups attached to an aromatic ring is 1. The third-order valence-electron chi connectivity index (χ3n) is 2.23. The Labute approximate surface area is 99.0 Å². The second kappa shape index (κ2) is 4.32. The third-order valence-corrected chi connectivity index (χ3v) is 2.23. The Kier molecular flexibility index (Phi) is 2.86. The fraction of sp³-hybridized carbons (Fsp3) is 0.273. The Morgan fingerprint density at radius 2 is 2.12 bits per heavy atom. The summed E-state index contributed by atoms with van der Waals surface area (Å²) in [6, 6.07) is 5.17. The van der Waals surface area contributed by atoms with Crippen molar-refractivity contribution in [2.24, 2.45) is 7.05 Å². The van der Waals surface area contributed by atoms with E-state index < -0.39 is 0 Å². The first kappa shape index (κ1) is 11.3. The van der Waals surface area contributed by atoms with E-state index in [4.69, 9.17) is 15.2 Å². The van der Waals surface area contributed by atoms with E-state index in [-0.39, 0.29) is 0 Å². The first-order chi connectivity index (χ1) is 8.10. The van der Waals surface area contributed by atoms with Crippen LogP contribution >= 0.6 is 0 Å². The molecule has 0 fully saturated rings. The second-order valence-corrected chi connectivity index (χ2v) is 3.60. The van der Waals surface area contributed by atoms with Crippen LogP contribution in [0.15, 0.2) is 18.2 Å². The molecule has 17 heavy (non-hydrogen) atoms. The molecule has 2 heterocycles. The third kappa shape index (κ3) is 2.30. The minimum absolute atomic E-state index is 0.312. The van der Waals surface area contributed by atoms with Crippen LogP contribution in [0.4, 0.5) is 5.69 Å². The number of aryl methyl sites for hydroxylation is 2. The Hall–Kier alpha value is -2.24. The van der Waals surface area contributed by atoms with Crippen molar-refractivity contribution >= 4 is 5.69 Å². The molecule has 0 amide bonds. The van der Waals surface area contributed by atoms with Crippen molar-refractivity contribution in [3.8, 4) is 17.6 Å². The van der Waals surface area contributed by atoms with Crippen LogP contribution in [-0.2, 0) is 7.05 Å². The highest BCUT2D eigenvalue weighted by molar-refractivity contribution is 5.50. The van der Waals surface area contributed by atoms with Crippen LogP contribution in [-0.4, -0.2) is 21.9 Å². The van der Waals surface area contributed by atoms with Crippen LogP contribution in [0.5, 0.6) is 17.6 Å². The number of nitrogens with zero attached hydrogens (tertiary/aromatic N) is 3. The quantitative estimate of drug-likeness (QED) is 0.871. The van der Waals surface area contributed by atoms with Gasteiger partial charge in [0.1, 0.15) is 0 Å². The lowest BCUT2D eigenvalue weighted by molar-refractivity contribution is 0.375. The predicted molar refractivity (Wildman–Crippen MR) is 63.2 cm³/mol. The van der Waals surface area contributed by atoms with E-state index in [1.54, 1.807) is 29.9 Å². The van der Waals surface area contributed by atoms with Gasteiger partial charge in [-0.05, 0) is 13.0 Å². The fourth-order valence-corrected chi connectivity index (χ4v) is 1.41. The SMILES string of the molecule is COc1ccc(N)c(Oc2cc(C)nn2C)n1. The number of hydrogen-bond acceptors (Lipinski definition) is 5. The molecular weight excluding hydrogens is 220 g/mol. The summed E-state index contributed by atoms with van der Waals surface area (Å²) < 4.78 is 12.2. The van der Waals surface area contributed by atoms with Gasteiger partial charge in [0.2, 0.25) is 17.6 Å². The predicted octanol–water partition coefficient (Wildman–Crippen LogP) is 1.51. The minimum Gasteiger partial charge on any atom is -0.481 e. The van der Waals surface area contributed by atoms with Crippen molar-refractivity contribution in [3.63, 3.8) is 0 Å². The van der Waals surface area contributed by atoms with Crippen LogP contribution in [0.25, 0.3) is 0 Å². The maximum Gasteiger partial charge on any atom is 0.247 e. The lowest BCUT2D eigenvalue weighted by Gasteiger charge is -2.08. The van der Waals surface area contributed by atoms with E-state index in [0.717, 1.165) is 5.69 Å². The summed E-state index contributed by atoms with van der Waals surface area (Å²) >= 11 is 0. The molecule has 6 heteroatoms. The van der Waals surface area contributed by atoms with Crippen molar-refractivity contribution in [3.05, 3.63) is 23.9 Å². The lowest BCUT2D eigenvalue weighted by atomic mass is 10.4. The Bertz CT molecular complexity index is 536. The molecule has 0 bridgehead atoms. The molecule has 0 aliphatic rings. The monoisotopic (exact) mass is 234 g/mol. The highest BCUT2D eigenvalue weighted by Gasteiger charge is 2.09. The van der Waals surface area contributed by atoms with Gasteiger partial charge in [-0.1, -0.05) is 0 Å². The summed E-state index contributed by atoms with van der Waals surface area (Å²) in [6.45, 7) is 1.88. The summed E-state index contributed by atoms with van der Waals surface area (Å²) in [4.78, 5) is 4.13. The Morgan fingerprint density at radius 1 is 1.35 bits per heavy atom. The molecule has 0 aromatic carbocycles. The molecule has 0 saturated heterocycles. The number of hydrogen-bond donors (Lipinski definition) is 1. The van der Waals surface area contributed by atoms with Crippen molar-refractivity contribution in [1.82, 2.24) is 14.8 Å². The topological polar surface area (TPSA) is 75.2 Å². The molecule has 0 spiro atoms. The van der Waals surface area contributed by atoms with Gasteiger partial charge in [0.25, 0.3) is 0 Å². The van der Waals surface area contributed by atoms with Crippen LogP contribution in [0, 0.1) is 6.92 Å². The van der Waals surface area contributed by atoms with Crippen molar-refractivity contribution in [1.29, 1.82) is 0 Å².